The molecule has 0 amide bonds. The van der Waals surface area contributed by atoms with E-state index in [1.165, 1.54) is 25.7 Å². The molecule has 1 heterocycles. The fourth-order valence-electron chi connectivity index (χ4n) is 2.68. The fraction of sp³-hybridized carbons (Fsp3) is 0.714. The molecule has 3 rings (SSSR count). The number of nitrogens with zero attached hydrogens (tertiary/aromatic N) is 2. The first-order chi connectivity index (χ1) is 8.72. The summed E-state index contributed by atoms with van der Waals surface area (Å²) < 4.78 is 5.44. The van der Waals surface area contributed by atoms with Crippen LogP contribution in [0.5, 0.6) is 5.88 Å². The lowest BCUT2D eigenvalue weighted by Gasteiger charge is -2.15. The number of rotatable bonds is 6. The van der Waals surface area contributed by atoms with Gasteiger partial charge in [-0.1, -0.05) is 0 Å². The van der Waals surface area contributed by atoms with Gasteiger partial charge in [0, 0.05) is 18.3 Å². The van der Waals surface area contributed by atoms with E-state index >= 15 is 0 Å². The first kappa shape index (κ1) is 11.8. The predicted molar refractivity (Wildman–Crippen MR) is 70.8 cm³/mol. The molecule has 2 fully saturated rings. The van der Waals surface area contributed by atoms with Crippen LogP contribution in [0.2, 0.25) is 0 Å². The molecule has 0 aliphatic heterocycles. The Bertz CT molecular complexity index is 439. The number of hydrogen-bond acceptors (Lipinski definition) is 4. The van der Waals surface area contributed by atoms with Gasteiger partial charge in [-0.25, -0.2) is 4.98 Å². The van der Waals surface area contributed by atoms with Crippen molar-refractivity contribution in [2.75, 3.05) is 18.5 Å². The maximum atomic E-state index is 5.44. The van der Waals surface area contributed by atoms with Crippen LogP contribution < -0.4 is 10.1 Å². The molecule has 0 aromatic carbocycles. The number of ether oxygens (including phenoxy) is 1. The summed E-state index contributed by atoms with van der Waals surface area (Å²) in [7, 11) is 0. The van der Waals surface area contributed by atoms with Crippen LogP contribution in [-0.2, 0) is 0 Å². The molecule has 4 heteroatoms. The number of anilines is 1. The van der Waals surface area contributed by atoms with Crippen LogP contribution in [0.1, 0.15) is 38.3 Å². The molecule has 1 aromatic rings. The van der Waals surface area contributed by atoms with Crippen molar-refractivity contribution in [3.63, 3.8) is 0 Å². The summed E-state index contributed by atoms with van der Waals surface area (Å²) in [5.74, 6) is 2.34. The topological polar surface area (TPSA) is 47.0 Å². The second-order valence-electron chi connectivity index (χ2n) is 5.59. The standard InChI is InChI=1S/C14H21N3O/c1-3-18-12-8-10(2)16-13(17-12)15-9-14(6-7-14)11-4-5-11/h8,11H,3-7,9H2,1-2H3,(H,15,16,17). The highest BCUT2D eigenvalue weighted by molar-refractivity contribution is 5.31. The third kappa shape index (κ3) is 2.42. The van der Waals surface area contributed by atoms with Crippen LogP contribution in [0.3, 0.4) is 0 Å². The molecule has 98 valence electrons. The zero-order valence-electron chi connectivity index (χ0n) is 11.2. The highest BCUT2D eigenvalue weighted by Gasteiger charge is 2.53. The smallest absolute Gasteiger partial charge is 0.226 e. The van der Waals surface area contributed by atoms with E-state index in [0.717, 1.165) is 18.2 Å². The molecule has 0 bridgehead atoms. The van der Waals surface area contributed by atoms with Gasteiger partial charge in [-0.3, -0.25) is 0 Å². The van der Waals surface area contributed by atoms with Gasteiger partial charge in [0.15, 0.2) is 0 Å². The Kier molecular flexibility index (Phi) is 2.88. The number of hydrogen-bond donors (Lipinski definition) is 1. The zero-order chi connectivity index (χ0) is 12.6. The minimum Gasteiger partial charge on any atom is -0.478 e. The van der Waals surface area contributed by atoms with E-state index in [1.54, 1.807) is 0 Å². The Morgan fingerprint density at radius 3 is 2.78 bits per heavy atom. The summed E-state index contributed by atoms with van der Waals surface area (Å²) in [6.07, 6.45) is 5.57. The second-order valence-corrected chi connectivity index (χ2v) is 5.59. The van der Waals surface area contributed by atoms with Gasteiger partial charge >= 0.3 is 0 Å². The summed E-state index contributed by atoms with van der Waals surface area (Å²) in [4.78, 5) is 8.81. The molecule has 0 atom stereocenters. The average Bonchev–Trinajstić information content (AvgIpc) is 3.19. The fourth-order valence-corrected chi connectivity index (χ4v) is 2.68. The minimum atomic E-state index is 0.568. The lowest BCUT2D eigenvalue weighted by Crippen LogP contribution is -2.19. The van der Waals surface area contributed by atoms with Crippen LogP contribution in [0.15, 0.2) is 6.07 Å². The Hall–Kier alpha value is -1.32. The van der Waals surface area contributed by atoms with Crippen LogP contribution >= 0.6 is 0 Å². The molecule has 0 radical (unpaired) electrons. The van der Waals surface area contributed by atoms with Gasteiger partial charge in [0.05, 0.1) is 6.61 Å². The maximum absolute atomic E-state index is 5.44. The Morgan fingerprint density at radius 1 is 1.39 bits per heavy atom. The third-order valence-corrected chi connectivity index (χ3v) is 4.06. The lowest BCUT2D eigenvalue weighted by atomic mass is 10.0. The van der Waals surface area contributed by atoms with E-state index in [-0.39, 0.29) is 0 Å². The molecule has 18 heavy (non-hydrogen) atoms. The highest BCUT2D eigenvalue weighted by atomic mass is 16.5. The second kappa shape index (κ2) is 4.41. The summed E-state index contributed by atoms with van der Waals surface area (Å²) in [6, 6.07) is 1.88. The molecule has 0 spiro atoms. The average molecular weight is 247 g/mol. The van der Waals surface area contributed by atoms with Crippen molar-refractivity contribution < 1.29 is 4.74 Å². The van der Waals surface area contributed by atoms with Gasteiger partial charge in [-0.2, -0.15) is 4.98 Å². The third-order valence-electron chi connectivity index (χ3n) is 4.06. The van der Waals surface area contributed by atoms with Crippen molar-refractivity contribution in [2.24, 2.45) is 11.3 Å². The Morgan fingerprint density at radius 2 is 2.17 bits per heavy atom. The predicted octanol–water partition coefficient (Wildman–Crippen LogP) is 2.79. The van der Waals surface area contributed by atoms with E-state index in [2.05, 4.69) is 15.3 Å². The molecular formula is C14H21N3O. The van der Waals surface area contributed by atoms with Gasteiger partial charge < -0.3 is 10.1 Å². The van der Waals surface area contributed by atoms with E-state index in [9.17, 15) is 0 Å². The van der Waals surface area contributed by atoms with Crippen LogP contribution in [-0.4, -0.2) is 23.1 Å². The van der Waals surface area contributed by atoms with Gasteiger partial charge in [0.2, 0.25) is 11.8 Å². The quantitative estimate of drug-likeness (QED) is 0.839. The normalized spacial score (nSPS) is 20.6. The van der Waals surface area contributed by atoms with Crippen molar-refractivity contribution in [3.05, 3.63) is 11.8 Å². The summed E-state index contributed by atoms with van der Waals surface area (Å²) in [5, 5.41) is 3.41. The molecular weight excluding hydrogens is 226 g/mol. The van der Waals surface area contributed by atoms with Crippen molar-refractivity contribution >= 4 is 5.95 Å². The number of aryl methyl sites for hydroxylation is 1. The van der Waals surface area contributed by atoms with Crippen molar-refractivity contribution in [1.29, 1.82) is 0 Å². The van der Waals surface area contributed by atoms with Gasteiger partial charge in [0.1, 0.15) is 0 Å². The van der Waals surface area contributed by atoms with E-state index < -0.39 is 0 Å². The summed E-state index contributed by atoms with van der Waals surface area (Å²) in [5.41, 5.74) is 1.52. The maximum Gasteiger partial charge on any atom is 0.226 e. The molecule has 0 saturated heterocycles. The molecule has 2 aliphatic rings. The highest BCUT2D eigenvalue weighted by Crippen LogP contribution is 2.61. The van der Waals surface area contributed by atoms with Crippen molar-refractivity contribution in [1.82, 2.24) is 9.97 Å². The Balaban J connectivity index is 1.64. The van der Waals surface area contributed by atoms with E-state index in [0.29, 0.717) is 23.9 Å². The molecule has 1 aromatic heterocycles. The van der Waals surface area contributed by atoms with Gasteiger partial charge in [-0.15, -0.1) is 0 Å². The molecule has 0 unspecified atom stereocenters. The largest absolute Gasteiger partial charge is 0.478 e. The number of nitrogens with one attached hydrogen (secondary N) is 1. The van der Waals surface area contributed by atoms with Crippen LogP contribution in [0.4, 0.5) is 5.95 Å². The van der Waals surface area contributed by atoms with Crippen LogP contribution in [0.25, 0.3) is 0 Å². The minimum absolute atomic E-state index is 0.568. The SMILES string of the molecule is CCOc1cc(C)nc(NCC2(C3CC3)CC2)n1. The van der Waals surface area contributed by atoms with Gasteiger partial charge in [-0.05, 0) is 50.9 Å². The summed E-state index contributed by atoms with van der Waals surface area (Å²) in [6.45, 7) is 5.61. The first-order valence-electron chi connectivity index (χ1n) is 6.94. The van der Waals surface area contributed by atoms with Crippen molar-refractivity contribution in [3.8, 4) is 5.88 Å². The summed E-state index contributed by atoms with van der Waals surface area (Å²) >= 11 is 0. The van der Waals surface area contributed by atoms with E-state index in [1.807, 2.05) is 19.9 Å². The zero-order valence-corrected chi connectivity index (χ0v) is 11.2. The van der Waals surface area contributed by atoms with Crippen molar-refractivity contribution in [2.45, 2.75) is 39.5 Å². The van der Waals surface area contributed by atoms with Crippen LogP contribution in [0, 0.1) is 18.3 Å². The number of aromatic nitrogens is 2. The first-order valence-corrected chi connectivity index (χ1v) is 6.94. The molecule has 2 aliphatic carbocycles. The lowest BCUT2D eigenvalue weighted by molar-refractivity contribution is 0.326. The molecule has 2 saturated carbocycles. The van der Waals surface area contributed by atoms with E-state index in [4.69, 9.17) is 4.74 Å². The Labute approximate surface area is 108 Å². The van der Waals surface area contributed by atoms with Gasteiger partial charge in [0.25, 0.3) is 0 Å². The molecule has 1 N–H and O–H groups in total. The molecule has 4 nitrogen and oxygen atoms in total. The monoisotopic (exact) mass is 247 g/mol.